The molecule has 0 aromatic heterocycles. The van der Waals surface area contributed by atoms with E-state index >= 15 is 0 Å². The molecule has 1 heterocycles. The van der Waals surface area contributed by atoms with Crippen molar-refractivity contribution in [3.05, 3.63) is 47.5 Å². The van der Waals surface area contributed by atoms with E-state index in [1.54, 1.807) is 13.2 Å². The van der Waals surface area contributed by atoms with Crippen LogP contribution in [0, 0.1) is 6.92 Å². The van der Waals surface area contributed by atoms with Crippen LogP contribution in [0.15, 0.2) is 36.4 Å². The summed E-state index contributed by atoms with van der Waals surface area (Å²) >= 11 is 0. The van der Waals surface area contributed by atoms with E-state index in [0.29, 0.717) is 36.8 Å². The van der Waals surface area contributed by atoms with Gasteiger partial charge in [0.15, 0.2) is 11.5 Å². The van der Waals surface area contributed by atoms with Crippen LogP contribution in [0.4, 0.5) is 5.69 Å². The summed E-state index contributed by atoms with van der Waals surface area (Å²) in [5, 5.41) is 2.88. The molecule has 0 unspecified atom stereocenters. The van der Waals surface area contributed by atoms with Crippen molar-refractivity contribution in [3.63, 3.8) is 0 Å². The molecule has 0 saturated heterocycles. The number of methoxy groups -OCH3 is 1. The molecule has 2 aromatic rings. The molecule has 3 rings (SSSR count). The summed E-state index contributed by atoms with van der Waals surface area (Å²) < 4.78 is 16.2. The number of ether oxygens (including phenoxy) is 3. The van der Waals surface area contributed by atoms with Gasteiger partial charge in [0, 0.05) is 11.8 Å². The van der Waals surface area contributed by atoms with Gasteiger partial charge in [-0.15, -0.1) is 0 Å². The molecule has 1 amide bonds. The Morgan fingerprint density at radius 1 is 1.13 bits per heavy atom. The maximum atomic E-state index is 12.2. The highest BCUT2D eigenvalue weighted by atomic mass is 16.6. The number of carbonyl (C=O) groups excluding carboxylic acids is 1. The van der Waals surface area contributed by atoms with Crippen LogP contribution in [0.2, 0.25) is 0 Å². The minimum atomic E-state index is -0.0776. The van der Waals surface area contributed by atoms with Gasteiger partial charge in [-0.2, -0.15) is 0 Å². The third-order valence-electron chi connectivity index (χ3n) is 3.65. The highest BCUT2D eigenvalue weighted by molar-refractivity contribution is 5.92. The van der Waals surface area contributed by atoms with E-state index in [1.807, 2.05) is 37.3 Å². The Bertz CT molecular complexity index is 727. The number of nitrogens with one attached hydrogen (secondary N) is 1. The number of benzene rings is 2. The number of hydrogen-bond donors (Lipinski definition) is 1. The molecule has 0 aliphatic carbocycles. The number of anilines is 1. The summed E-state index contributed by atoms with van der Waals surface area (Å²) in [6.07, 6.45) is 0.305. The molecule has 5 nitrogen and oxygen atoms in total. The predicted octanol–water partition coefficient (Wildman–Crippen LogP) is 2.96. The molecule has 1 aliphatic heterocycles. The summed E-state index contributed by atoms with van der Waals surface area (Å²) in [7, 11) is 1.64. The minimum Gasteiger partial charge on any atom is -0.496 e. The number of fused-ring (bicyclic) bond motifs is 1. The molecule has 5 heteroatoms. The average Bonchev–Trinajstić information content (AvgIpc) is 2.55. The Balaban J connectivity index is 1.66. The van der Waals surface area contributed by atoms with E-state index < -0.39 is 0 Å². The average molecular weight is 313 g/mol. The summed E-state index contributed by atoms with van der Waals surface area (Å²) in [6, 6.07) is 11.1. The monoisotopic (exact) mass is 313 g/mol. The largest absolute Gasteiger partial charge is 0.496 e. The molecule has 0 radical (unpaired) electrons. The Morgan fingerprint density at radius 2 is 1.91 bits per heavy atom. The normalized spacial score (nSPS) is 12.6. The first-order chi connectivity index (χ1) is 11.2. The fraction of sp³-hybridized carbons (Fsp3) is 0.278. The molecule has 120 valence electrons. The van der Waals surface area contributed by atoms with Crippen molar-refractivity contribution in [1.29, 1.82) is 0 Å². The fourth-order valence-electron chi connectivity index (χ4n) is 2.56. The van der Waals surface area contributed by atoms with Crippen LogP contribution < -0.4 is 19.5 Å². The van der Waals surface area contributed by atoms with Crippen LogP contribution in [0.3, 0.4) is 0 Å². The van der Waals surface area contributed by atoms with Crippen LogP contribution >= 0.6 is 0 Å². The van der Waals surface area contributed by atoms with Crippen LogP contribution in [0.25, 0.3) is 0 Å². The zero-order valence-corrected chi connectivity index (χ0v) is 13.2. The van der Waals surface area contributed by atoms with E-state index in [2.05, 4.69) is 5.32 Å². The lowest BCUT2D eigenvalue weighted by Crippen LogP contribution is -2.17. The van der Waals surface area contributed by atoms with E-state index in [1.165, 1.54) is 0 Å². The Kier molecular flexibility index (Phi) is 4.37. The molecule has 1 N–H and O–H groups in total. The fourth-order valence-corrected chi connectivity index (χ4v) is 2.56. The van der Waals surface area contributed by atoms with Gasteiger partial charge >= 0.3 is 0 Å². The van der Waals surface area contributed by atoms with Crippen molar-refractivity contribution in [1.82, 2.24) is 0 Å². The summed E-state index contributed by atoms with van der Waals surface area (Å²) in [5.74, 6) is 2.11. The molecule has 0 spiro atoms. The van der Waals surface area contributed by atoms with Crippen molar-refractivity contribution in [2.45, 2.75) is 13.3 Å². The second-order valence-corrected chi connectivity index (χ2v) is 5.39. The van der Waals surface area contributed by atoms with Crippen LogP contribution in [-0.2, 0) is 11.2 Å². The standard InChI is InChI=1S/C18H19NO4/c1-12-9-13(3-5-15(12)21-2)10-18(20)19-14-4-6-16-17(11-14)23-8-7-22-16/h3-6,9,11H,7-8,10H2,1-2H3,(H,19,20). The quantitative estimate of drug-likeness (QED) is 0.943. The Hall–Kier alpha value is -2.69. The van der Waals surface area contributed by atoms with E-state index in [4.69, 9.17) is 14.2 Å². The maximum absolute atomic E-state index is 12.2. The third-order valence-corrected chi connectivity index (χ3v) is 3.65. The first kappa shape index (κ1) is 15.2. The summed E-state index contributed by atoms with van der Waals surface area (Å²) in [5.41, 5.74) is 2.65. The van der Waals surface area contributed by atoms with Gasteiger partial charge in [-0.25, -0.2) is 0 Å². The lowest BCUT2D eigenvalue weighted by molar-refractivity contribution is -0.115. The van der Waals surface area contributed by atoms with Crippen molar-refractivity contribution in [2.24, 2.45) is 0 Å². The van der Waals surface area contributed by atoms with Gasteiger partial charge < -0.3 is 19.5 Å². The molecule has 23 heavy (non-hydrogen) atoms. The Morgan fingerprint density at radius 3 is 2.65 bits per heavy atom. The zero-order valence-electron chi connectivity index (χ0n) is 13.2. The topological polar surface area (TPSA) is 56.8 Å². The predicted molar refractivity (Wildman–Crippen MR) is 87.5 cm³/mol. The molecule has 0 atom stereocenters. The molecule has 1 aliphatic rings. The summed E-state index contributed by atoms with van der Waals surface area (Å²) in [4.78, 5) is 12.2. The van der Waals surface area contributed by atoms with Crippen molar-refractivity contribution < 1.29 is 19.0 Å². The lowest BCUT2D eigenvalue weighted by atomic mass is 10.1. The lowest BCUT2D eigenvalue weighted by Gasteiger charge is -2.19. The smallest absolute Gasteiger partial charge is 0.228 e. The first-order valence-electron chi connectivity index (χ1n) is 7.49. The van der Waals surface area contributed by atoms with Gasteiger partial charge in [0.05, 0.1) is 13.5 Å². The number of rotatable bonds is 4. The van der Waals surface area contributed by atoms with Crippen molar-refractivity contribution in [3.8, 4) is 17.2 Å². The molecule has 2 aromatic carbocycles. The number of amides is 1. The van der Waals surface area contributed by atoms with Crippen LogP contribution in [0.5, 0.6) is 17.2 Å². The number of carbonyl (C=O) groups is 1. The van der Waals surface area contributed by atoms with Crippen molar-refractivity contribution >= 4 is 11.6 Å². The maximum Gasteiger partial charge on any atom is 0.228 e. The van der Waals surface area contributed by atoms with Gasteiger partial charge in [-0.1, -0.05) is 12.1 Å². The van der Waals surface area contributed by atoms with E-state index in [0.717, 1.165) is 16.9 Å². The second-order valence-electron chi connectivity index (χ2n) is 5.39. The van der Waals surface area contributed by atoms with E-state index in [9.17, 15) is 4.79 Å². The molecular weight excluding hydrogens is 294 g/mol. The van der Waals surface area contributed by atoms with Gasteiger partial charge in [0.1, 0.15) is 19.0 Å². The van der Waals surface area contributed by atoms with Gasteiger partial charge in [0.25, 0.3) is 0 Å². The number of hydrogen-bond acceptors (Lipinski definition) is 4. The van der Waals surface area contributed by atoms with Crippen LogP contribution in [0.1, 0.15) is 11.1 Å². The second kappa shape index (κ2) is 6.60. The van der Waals surface area contributed by atoms with Gasteiger partial charge in [-0.05, 0) is 36.2 Å². The summed E-state index contributed by atoms with van der Waals surface area (Å²) in [6.45, 7) is 3.03. The highest BCUT2D eigenvalue weighted by Gasteiger charge is 2.13. The Labute approximate surface area is 135 Å². The zero-order chi connectivity index (χ0) is 16.2. The molecule has 0 bridgehead atoms. The molecule has 0 saturated carbocycles. The number of aryl methyl sites for hydroxylation is 1. The third kappa shape index (κ3) is 3.56. The molecular formula is C18H19NO4. The van der Waals surface area contributed by atoms with Gasteiger partial charge in [-0.3, -0.25) is 4.79 Å². The van der Waals surface area contributed by atoms with Gasteiger partial charge in [0.2, 0.25) is 5.91 Å². The molecule has 0 fully saturated rings. The SMILES string of the molecule is COc1ccc(CC(=O)Nc2ccc3c(c2)OCCO3)cc1C. The van der Waals surface area contributed by atoms with Crippen LogP contribution in [-0.4, -0.2) is 26.2 Å². The van der Waals surface area contributed by atoms with E-state index in [-0.39, 0.29) is 5.91 Å². The first-order valence-corrected chi connectivity index (χ1v) is 7.49. The van der Waals surface area contributed by atoms with Crippen molar-refractivity contribution in [2.75, 3.05) is 25.6 Å². The highest BCUT2D eigenvalue weighted by Crippen LogP contribution is 2.32. The minimum absolute atomic E-state index is 0.0776.